The second-order valence-corrected chi connectivity index (χ2v) is 7.09. The van der Waals surface area contributed by atoms with Gasteiger partial charge in [-0.3, -0.25) is 15.4 Å². The van der Waals surface area contributed by atoms with Gasteiger partial charge in [-0.2, -0.15) is 31.3 Å². The number of carbonyl (C=O) groups is 1. The Balaban J connectivity index is 2.12. The van der Waals surface area contributed by atoms with Crippen molar-refractivity contribution in [1.82, 2.24) is 9.97 Å². The van der Waals surface area contributed by atoms with Gasteiger partial charge in [-0.25, -0.2) is 9.78 Å². The number of carbonyl (C=O) groups excluding carboxylic acids is 1. The first-order chi connectivity index (χ1) is 14.8. The number of anilines is 3. The Bertz CT molecular complexity index is 877. The Morgan fingerprint density at radius 1 is 1.09 bits per heavy atom. The van der Waals surface area contributed by atoms with Gasteiger partial charge in [-0.05, 0) is 24.3 Å². The van der Waals surface area contributed by atoms with Gasteiger partial charge in [-0.15, -0.1) is 5.23 Å². The van der Waals surface area contributed by atoms with E-state index in [1.54, 1.807) is 0 Å². The number of ether oxygens (including phenoxy) is 1. The number of amides is 2. The number of aromatic nitrogens is 2. The average Bonchev–Trinajstić information content (AvgIpc) is 2.69. The van der Waals surface area contributed by atoms with Gasteiger partial charge in [0.05, 0.1) is 24.4 Å². The SMILES string of the molecule is CON(O)c1ccc(NC(=O)Nc2nc(OCC(F)(F)F)cc(PCC(F)(F)F)n2)cc1. The molecule has 0 bridgehead atoms. The lowest BCUT2D eigenvalue weighted by Crippen LogP contribution is -2.24. The number of hydrogen-bond acceptors (Lipinski definition) is 7. The molecule has 3 N–H and O–H groups in total. The van der Waals surface area contributed by atoms with Crippen LogP contribution in [0.25, 0.3) is 0 Å². The molecule has 32 heavy (non-hydrogen) atoms. The topological polar surface area (TPSA) is 109 Å². The third-order valence-electron chi connectivity index (χ3n) is 3.30. The van der Waals surface area contributed by atoms with E-state index in [1.165, 1.54) is 31.4 Å². The zero-order chi connectivity index (χ0) is 23.9. The molecule has 0 radical (unpaired) electrons. The summed E-state index contributed by atoms with van der Waals surface area (Å²) in [6.07, 6.45) is -10.5. The predicted molar refractivity (Wildman–Crippen MR) is 103 cm³/mol. The molecule has 0 spiro atoms. The van der Waals surface area contributed by atoms with Gasteiger partial charge in [0.1, 0.15) is 0 Å². The molecule has 2 amide bonds. The first-order valence-corrected chi connectivity index (χ1v) is 9.66. The number of hydrogen-bond donors (Lipinski definition) is 3. The van der Waals surface area contributed by atoms with E-state index in [9.17, 15) is 36.3 Å². The molecule has 1 aromatic carbocycles. The fourth-order valence-electron chi connectivity index (χ4n) is 2.03. The highest BCUT2D eigenvalue weighted by molar-refractivity contribution is 7.46. The monoisotopic (exact) mass is 487 g/mol. The van der Waals surface area contributed by atoms with E-state index in [4.69, 9.17) is 0 Å². The molecule has 0 fully saturated rings. The standard InChI is InChI=1S/C16H16F6N5O4P/c1-30-27(29)10-4-2-9(3-5-10)23-14(28)26-13-24-11(31-7-15(17,18)19)6-12(25-13)32-8-16(20,21)22/h2-6,29,32H,7-8H2,1H3,(H2,23,24,25,26,28). The summed E-state index contributed by atoms with van der Waals surface area (Å²) in [5, 5.41) is 14.3. The summed E-state index contributed by atoms with van der Waals surface area (Å²) in [7, 11) is 0.274. The summed E-state index contributed by atoms with van der Waals surface area (Å²) >= 11 is 0. The van der Waals surface area contributed by atoms with Gasteiger partial charge < -0.3 is 10.1 Å². The predicted octanol–water partition coefficient (Wildman–Crippen LogP) is 3.68. The Labute approximate surface area is 178 Å². The Morgan fingerprint density at radius 3 is 2.31 bits per heavy atom. The maximum atomic E-state index is 12.5. The number of nitrogens with one attached hydrogen (secondary N) is 2. The van der Waals surface area contributed by atoms with E-state index in [-0.39, 0.29) is 16.8 Å². The fourth-order valence-corrected chi connectivity index (χ4v) is 2.83. The lowest BCUT2D eigenvalue weighted by molar-refractivity contribution is -0.154. The summed E-state index contributed by atoms with van der Waals surface area (Å²) in [5.41, 5.74) is 0.225. The molecule has 1 heterocycles. The Morgan fingerprint density at radius 2 is 1.75 bits per heavy atom. The lowest BCUT2D eigenvalue weighted by Gasteiger charge is -2.14. The molecule has 0 aliphatic carbocycles. The van der Waals surface area contributed by atoms with Gasteiger partial charge in [0, 0.05) is 11.8 Å². The maximum Gasteiger partial charge on any atom is 0.422 e. The van der Waals surface area contributed by atoms with Crippen LogP contribution in [0.4, 0.5) is 48.5 Å². The third-order valence-corrected chi connectivity index (χ3v) is 4.50. The Kier molecular flexibility index (Phi) is 8.41. The zero-order valence-electron chi connectivity index (χ0n) is 16.1. The highest BCUT2D eigenvalue weighted by atomic mass is 31.1. The smallest absolute Gasteiger partial charge is 0.422 e. The number of halogens is 6. The number of benzene rings is 1. The summed E-state index contributed by atoms with van der Waals surface area (Å²) in [5.74, 6) is -1.20. The second kappa shape index (κ2) is 10.6. The largest absolute Gasteiger partial charge is 0.468 e. The van der Waals surface area contributed by atoms with Crippen molar-refractivity contribution in [1.29, 1.82) is 0 Å². The highest BCUT2D eigenvalue weighted by Gasteiger charge is 2.30. The molecule has 9 nitrogen and oxygen atoms in total. The number of rotatable bonds is 8. The summed E-state index contributed by atoms with van der Waals surface area (Å²) in [6.45, 7) is -1.73. The minimum absolute atomic E-state index is 0.236. The van der Waals surface area contributed by atoms with Crippen molar-refractivity contribution in [3.05, 3.63) is 30.3 Å². The molecule has 2 rings (SSSR count). The highest BCUT2D eigenvalue weighted by Crippen LogP contribution is 2.26. The second-order valence-electron chi connectivity index (χ2n) is 5.87. The van der Waals surface area contributed by atoms with Crippen LogP contribution in [-0.2, 0) is 4.84 Å². The maximum absolute atomic E-state index is 12.5. The van der Waals surface area contributed by atoms with Crippen molar-refractivity contribution >= 4 is 37.4 Å². The van der Waals surface area contributed by atoms with Gasteiger partial charge in [-0.1, -0.05) is 8.58 Å². The van der Waals surface area contributed by atoms with Crippen LogP contribution in [0.15, 0.2) is 30.3 Å². The fraction of sp³-hybridized carbons (Fsp3) is 0.312. The molecule has 0 aliphatic rings. The van der Waals surface area contributed by atoms with Crippen LogP contribution in [0.3, 0.4) is 0 Å². The normalized spacial score (nSPS) is 12.1. The van der Waals surface area contributed by atoms with E-state index in [0.29, 0.717) is 5.23 Å². The van der Waals surface area contributed by atoms with Crippen molar-refractivity contribution < 1.29 is 45.9 Å². The molecule has 0 aliphatic heterocycles. The van der Waals surface area contributed by atoms with E-state index in [0.717, 1.165) is 6.07 Å². The molecule has 1 aromatic heterocycles. The van der Waals surface area contributed by atoms with E-state index < -0.39 is 51.6 Å². The number of alkyl halides is 6. The molecule has 0 saturated carbocycles. The Hall–Kier alpha value is -2.90. The summed E-state index contributed by atoms with van der Waals surface area (Å²) < 4.78 is 79.0. The van der Waals surface area contributed by atoms with Crippen LogP contribution in [0.5, 0.6) is 5.88 Å². The quantitative estimate of drug-likeness (QED) is 0.296. The van der Waals surface area contributed by atoms with Crippen LogP contribution in [0.2, 0.25) is 0 Å². The van der Waals surface area contributed by atoms with Crippen molar-refractivity contribution in [2.24, 2.45) is 0 Å². The first kappa shape index (κ1) is 25.4. The van der Waals surface area contributed by atoms with Crippen molar-refractivity contribution in [2.75, 3.05) is 35.7 Å². The van der Waals surface area contributed by atoms with Crippen LogP contribution in [0, 0.1) is 0 Å². The summed E-state index contributed by atoms with van der Waals surface area (Å²) in [6, 6.07) is 5.46. The van der Waals surface area contributed by atoms with Crippen molar-refractivity contribution in [3.63, 3.8) is 0 Å². The van der Waals surface area contributed by atoms with Crippen LogP contribution < -0.4 is 26.0 Å². The molecule has 2 aromatic rings. The molecule has 1 unspecified atom stereocenters. The molecule has 1 atom stereocenters. The minimum atomic E-state index is -4.70. The van der Waals surface area contributed by atoms with Gasteiger partial charge in [0.25, 0.3) is 0 Å². The van der Waals surface area contributed by atoms with Gasteiger partial charge in [0.2, 0.25) is 11.8 Å². The summed E-state index contributed by atoms with van der Waals surface area (Å²) in [4.78, 5) is 24.0. The van der Waals surface area contributed by atoms with Gasteiger partial charge in [0.15, 0.2) is 6.61 Å². The van der Waals surface area contributed by atoms with E-state index in [1.807, 2.05) is 0 Å². The number of urea groups is 1. The molecule has 176 valence electrons. The third kappa shape index (κ3) is 9.08. The van der Waals surface area contributed by atoms with Crippen molar-refractivity contribution in [3.8, 4) is 5.88 Å². The molecule has 0 saturated heterocycles. The lowest BCUT2D eigenvalue weighted by atomic mass is 10.3. The first-order valence-electron chi connectivity index (χ1n) is 8.45. The minimum Gasteiger partial charge on any atom is -0.468 e. The molecular formula is C16H16F6N5O4P. The van der Waals surface area contributed by atoms with Crippen LogP contribution >= 0.6 is 8.58 Å². The van der Waals surface area contributed by atoms with Crippen molar-refractivity contribution in [2.45, 2.75) is 12.4 Å². The van der Waals surface area contributed by atoms with Crippen LogP contribution in [-0.4, -0.2) is 53.4 Å². The van der Waals surface area contributed by atoms with E-state index in [2.05, 4.69) is 30.2 Å². The number of nitrogens with zero attached hydrogens (tertiary/aromatic N) is 3. The average molecular weight is 487 g/mol. The van der Waals surface area contributed by atoms with Gasteiger partial charge >= 0.3 is 18.4 Å². The zero-order valence-corrected chi connectivity index (χ0v) is 17.1. The van der Waals surface area contributed by atoms with Crippen LogP contribution in [0.1, 0.15) is 0 Å². The molecular weight excluding hydrogens is 471 g/mol. The van der Waals surface area contributed by atoms with E-state index >= 15 is 0 Å². The molecule has 16 heteroatoms.